The van der Waals surface area contributed by atoms with Crippen LogP contribution in [-0.2, 0) is 0 Å². The van der Waals surface area contributed by atoms with E-state index < -0.39 is 6.67 Å². The van der Waals surface area contributed by atoms with E-state index in [1.165, 1.54) is 11.8 Å². The van der Waals surface area contributed by atoms with Crippen LogP contribution in [0.5, 0.6) is 0 Å². The Hall–Kier alpha value is 0.430. The number of rotatable bonds is 1. The van der Waals surface area contributed by atoms with Crippen molar-refractivity contribution in [1.82, 2.24) is 0 Å². The van der Waals surface area contributed by atoms with Gasteiger partial charge in [0.05, 0.1) is 0 Å². The quantitative estimate of drug-likeness (QED) is 0.462. The molecule has 1 nitrogen and oxygen atoms in total. The Kier molecular flexibility index (Phi) is 2.31. The third-order valence-corrected chi connectivity index (χ3v) is 2.77. The van der Waals surface area contributed by atoms with Gasteiger partial charge in [-0.1, -0.05) is 15.9 Å². The van der Waals surface area contributed by atoms with Crippen molar-refractivity contribution in [3.8, 4) is 0 Å². The SMILES string of the molecule is FCC1=NC(Br)CS1. The average Bonchev–Trinajstić information content (AvgIpc) is 2.14. The van der Waals surface area contributed by atoms with Gasteiger partial charge in [0.25, 0.3) is 0 Å². The second kappa shape index (κ2) is 2.82. The predicted octanol–water partition coefficient (Wildman–Crippen LogP) is 1.82. The molecule has 46 valence electrons. The lowest BCUT2D eigenvalue weighted by atomic mass is 10.7. The van der Waals surface area contributed by atoms with Crippen LogP contribution in [0.25, 0.3) is 0 Å². The molecule has 0 N–H and O–H groups in total. The molecule has 0 aromatic rings. The number of aliphatic imine (C=N–C) groups is 1. The Labute approximate surface area is 59.9 Å². The van der Waals surface area contributed by atoms with Crippen LogP contribution >= 0.6 is 27.7 Å². The molecule has 1 aliphatic rings. The monoisotopic (exact) mass is 197 g/mol. The van der Waals surface area contributed by atoms with Gasteiger partial charge in [0.1, 0.15) is 16.7 Å². The lowest BCUT2D eigenvalue weighted by Gasteiger charge is -1.84. The molecule has 1 atom stereocenters. The van der Waals surface area contributed by atoms with Gasteiger partial charge < -0.3 is 0 Å². The van der Waals surface area contributed by atoms with Crippen LogP contribution in [-0.4, -0.2) is 22.4 Å². The number of hydrogen-bond acceptors (Lipinski definition) is 2. The van der Waals surface area contributed by atoms with E-state index in [9.17, 15) is 4.39 Å². The molecule has 1 rings (SSSR count). The van der Waals surface area contributed by atoms with E-state index in [-0.39, 0.29) is 4.95 Å². The van der Waals surface area contributed by atoms with Gasteiger partial charge >= 0.3 is 0 Å². The third kappa shape index (κ3) is 1.45. The first-order valence-electron chi connectivity index (χ1n) is 2.22. The van der Waals surface area contributed by atoms with Crippen molar-refractivity contribution < 1.29 is 4.39 Å². The van der Waals surface area contributed by atoms with Gasteiger partial charge in [0.2, 0.25) is 0 Å². The highest BCUT2D eigenvalue weighted by Gasteiger charge is 2.13. The van der Waals surface area contributed by atoms with Crippen molar-refractivity contribution in [3.05, 3.63) is 0 Å². The molecule has 0 aromatic carbocycles. The minimum Gasteiger partial charge on any atom is -0.264 e. The molecule has 4 heteroatoms. The van der Waals surface area contributed by atoms with Crippen LogP contribution in [0.15, 0.2) is 4.99 Å². The number of hydrogen-bond donors (Lipinski definition) is 0. The molecule has 0 aromatic heterocycles. The van der Waals surface area contributed by atoms with Crippen molar-refractivity contribution in [1.29, 1.82) is 0 Å². The third-order valence-electron chi connectivity index (χ3n) is 0.786. The van der Waals surface area contributed by atoms with Crippen LogP contribution in [0.2, 0.25) is 0 Å². The van der Waals surface area contributed by atoms with E-state index in [1.54, 1.807) is 0 Å². The zero-order valence-corrected chi connectivity index (χ0v) is 6.51. The molecule has 8 heavy (non-hydrogen) atoms. The minimum absolute atomic E-state index is 0.151. The van der Waals surface area contributed by atoms with Gasteiger partial charge in [0, 0.05) is 5.75 Å². The number of nitrogens with zero attached hydrogens (tertiary/aromatic N) is 1. The zero-order chi connectivity index (χ0) is 5.98. The van der Waals surface area contributed by atoms with Gasteiger partial charge in [0.15, 0.2) is 0 Å². The second-order valence-electron chi connectivity index (χ2n) is 1.40. The van der Waals surface area contributed by atoms with E-state index in [1.807, 2.05) is 0 Å². The maximum absolute atomic E-state index is 11.7. The molecule has 0 bridgehead atoms. The molecular weight excluding hydrogens is 193 g/mol. The van der Waals surface area contributed by atoms with Crippen molar-refractivity contribution >= 4 is 32.7 Å². The summed E-state index contributed by atoms with van der Waals surface area (Å²) in [6, 6.07) is 0. The Morgan fingerprint density at radius 1 is 2.00 bits per heavy atom. The fourth-order valence-electron chi connectivity index (χ4n) is 0.469. The molecule has 0 fully saturated rings. The van der Waals surface area contributed by atoms with Gasteiger partial charge in [-0.05, 0) is 0 Å². The van der Waals surface area contributed by atoms with Crippen LogP contribution in [0, 0.1) is 0 Å². The summed E-state index contributed by atoms with van der Waals surface area (Å²) in [5.41, 5.74) is 0. The van der Waals surface area contributed by atoms with Gasteiger partial charge in [-0.3, -0.25) is 4.99 Å². The first-order valence-corrected chi connectivity index (χ1v) is 4.12. The van der Waals surface area contributed by atoms with E-state index in [0.29, 0.717) is 5.04 Å². The second-order valence-corrected chi connectivity index (χ2v) is 3.55. The fourth-order valence-corrected chi connectivity index (χ4v) is 1.93. The van der Waals surface area contributed by atoms with Crippen LogP contribution in [0.4, 0.5) is 4.39 Å². The molecule has 0 saturated carbocycles. The van der Waals surface area contributed by atoms with Crippen LogP contribution < -0.4 is 0 Å². The molecule has 1 heterocycles. The molecule has 1 unspecified atom stereocenters. The zero-order valence-electron chi connectivity index (χ0n) is 4.10. The molecule has 0 radical (unpaired) electrons. The fraction of sp³-hybridized carbons (Fsp3) is 0.750. The van der Waals surface area contributed by atoms with Crippen molar-refractivity contribution in [2.45, 2.75) is 4.95 Å². The van der Waals surface area contributed by atoms with Gasteiger partial charge in [-0.25, -0.2) is 4.39 Å². The molecule has 0 amide bonds. The number of alkyl halides is 2. The van der Waals surface area contributed by atoms with Gasteiger partial charge in [-0.2, -0.15) is 0 Å². The highest BCUT2D eigenvalue weighted by atomic mass is 79.9. The summed E-state index contributed by atoms with van der Waals surface area (Å²) in [6.45, 7) is -0.410. The van der Waals surface area contributed by atoms with Crippen molar-refractivity contribution in [2.75, 3.05) is 12.4 Å². The molecule has 1 aliphatic heterocycles. The lowest BCUT2D eigenvalue weighted by Crippen LogP contribution is -1.88. The molecule has 0 spiro atoms. The largest absolute Gasteiger partial charge is 0.264 e. The Morgan fingerprint density at radius 3 is 3.00 bits per heavy atom. The van der Waals surface area contributed by atoms with Gasteiger partial charge in [-0.15, -0.1) is 11.8 Å². The first kappa shape index (κ1) is 6.55. The smallest absolute Gasteiger partial charge is 0.137 e. The van der Waals surface area contributed by atoms with E-state index in [4.69, 9.17) is 0 Å². The van der Waals surface area contributed by atoms with E-state index in [0.717, 1.165) is 5.75 Å². The van der Waals surface area contributed by atoms with Crippen molar-refractivity contribution in [3.63, 3.8) is 0 Å². The highest BCUT2D eigenvalue weighted by molar-refractivity contribution is 9.09. The van der Waals surface area contributed by atoms with E-state index >= 15 is 0 Å². The topological polar surface area (TPSA) is 12.4 Å². The Morgan fingerprint density at radius 2 is 2.75 bits per heavy atom. The van der Waals surface area contributed by atoms with Crippen LogP contribution in [0.1, 0.15) is 0 Å². The Bertz CT molecular complexity index is 117. The van der Waals surface area contributed by atoms with Crippen molar-refractivity contribution in [2.24, 2.45) is 4.99 Å². The molecular formula is C4H5BrFNS. The van der Waals surface area contributed by atoms with E-state index in [2.05, 4.69) is 20.9 Å². The summed E-state index contributed by atoms with van der Waals surface area (Å²) in [5, 5.41) is 0.617. The number of halogens is 2. The summed E-state index contributed by atoms with van der Waals surface area (Å²) < 4.78 is 11.7. The highest BCUT2D eigenvalue weighted by Crippen LogP contribution is 2.21. The number of thioether (sulfide) groups is 1. The molecule has 0 saturated heterocycles. The summed E-state index contributed by atoms with van der Waals surface area (Å²) in [7, 11) is 0. The normalized spacial score (nSPS) is 28.2. The predicted molar refractivity (Wildman–Crippen MR) is 38.6 cm³/mol. The standard InChI is InChI=1S/C4H5BrFNS/c5-3-2-8-4(1-6)7-3/h3H,1-2H2. The first-order chi connectivity index (χ1) is 3.83. The maximum Gasteiger partial charge on any atom is 0.137 e. The summed E-state index contributed by atoms with van der Waals surface area (Å²) >= 11 is 4.72. The minimum atomic E-state index is -0.410. The average molecular weight is 198 g/mol. The Balaban J connectivity index is 2.44. The maximum atomic E-state index is 11.7. The summed E-state index contributed by atoms with van der Waals surface area (Å²) in [5.74, 6) is 0.874. The molecule has 0 aliphatic carbocycles. The summed E-state index contributed by atoms with van der Waals surface area (Å²) in [4.78, 5) is 4.08. The summed E-state index contributed by atoms with van der Waals surface area (Å²) in [6.07, 6.45) is 0. The van der Waals surface area contributed by atoms with Crippen LogP contribution in [0.3, 0.4) is 0 Å². The lowest BCUT2D eigenvalue weighted by molar-refractivity contribution is 0.585.